The molecule has 1 heterocycles. The van der Waals surface area contributed by atoms with E-state index in [2.05, 4.69) is 30.0 Å². The molecule has 1 aliphatic heterocycles. The van der Waals surface area contributed by atoms with Crippen LogP contribution in [0.3, 0.4) is 0 Å². The van der Waals surface area contributed by atoms with Gasteiger partial charge in [0.15, 0.2) is 0 Å². The standard InChI is InChI=1S/C16H24N2OS2/c1-3-21-14-6-4-5-13(15(14)16(17)20)18-9-7-12(8-10-18)11(2)19/h4-6,11-12,19H,3,7-10H2,1-2H3,(H2,17,20). The number of nitrogens with zero attached hydrogens (tertiary/aromatic N) is 1. The number of benzene rings is 1. The van der Waals surface area contributed by atoms with Crippen molar-refractivity contribution in [2.24, 2.45) is 11.7 Å². The molecule has 0 radical (unpaired) electrons. The Morgan fingerprint density at radius 2 is 2.14 bits per heavy atom. The predicted octanol–water partition coefficient (Wildman–Crippen LogP) is 3.03. The first-order chi connectivity index (χ1) is 10.0. The Morgan fingerprint density at radius 1 is 1.48 bits per heavy atom. The van der Waals surface area contributed by atoms with E-state index < -0.39 is 0 Å². The maximum atomic E-state index is 9.73. The molecule has 3 N–H and O–H groups in total. The summed E-state index contributed by atoms with van der Waals surface area (Å²) in [6, 6.07) is 6.28. The second-order valence-electron chi connectivity index (χ2n) is 5.51. The van der Waals surface area contributed by atoms with E-state index in [1.165, 1.54) is 4.90 Å². The van der Waals surface area contributed by atoms with Gasteiger partial charge in [0.2, 0.25) is 0 Å². The van der Waals surface area contributed by atoms with Gasteiger partial charge in [0, 0.05) is 29.2 Å². The summed E-state index contributed by atoms with van der Waals surface area (Å²) in [7, 11) is 0. The van der Waals surface area contributed by atoms with E-state index in [1.54, 1.807) is 11.8 Å². The maximum absolute atomic E-state index is 9.73. The summed E-state index contributed by atoms with van der Waals surface area (Å²) in [5.74, 6) is 1.41. The highest BCUT2D eigenvalue weighted by Crippen LogP contribution is 2.33. The topological polar surface area (TPSA) is 49.5 Å². The lowest BCUT2D eigenvalue weighted by Crippen LogP contribution is -2.38. The molecule has 1 aromatic carbocycles. The van der Waals surface area contributed by atoms with Gasteiger partial charge in [-0.05, 0) is 43.6 Å². The Labute approximate surface area is 136 Å². The number of anilines is 1. The van der Waals surface area contributed by atoms with Crippen molar-refractivity contribution in [1.82, 2.24) is 0 Å². The fraction of sp³-hybridized carbons (Fsp3) is 0.562. The van der Waals surface area contributed by atoms with Gasteiger partial charge >= 0.3 is 0 Å². The molecule has 1 saturated heterocycles. The predicted molar refractivity (Wildman–Crippen MR) is 95.3 cm³/mol. The van der Waals surface area contributed by atoms with Crippen molar-refractivity contribution >= 4 is 34.7 Å². The van der Waals surface area contributed by atoms with Gasteiger partial charge in [-0.2, -0.15) is 0 Å². The maximum Gasteiger partial charge on any atom is 0.107 e. The van der Waals surface area contributed by atoms with Crippen molar-refractivity contribution in [3.63, 3.8) is 0 Å². The highest BCUT2D eigenvalue weighted by atomic mass is 32.2. The number of thioether (sulfide) groups is 1. The summed E-state index contributed by atoms with van der Waals surface area (Å²) in [6.45, 7) is 5.92. The van der Waals surface area contributed by atoms with Crippen molar-refractivity contribution in [1.29, 1.82) is 0 Å². The largest absolute Gasteiger partial charge is 0.393 e. The normalized spacial score (nSPS) is 17.8. The van der Waals surface area contributed by atoms with E-state index in [0.717, 1.165) is 42.9 Å². The van der Waals surface area contributed by atoms with Crippen molar-refractivity contribution in [2.45, 2.75) is 37.7 Å². The molecule has 3 nitrogen and oxygen atoms in total. The summed E-state index contributed by atoms with van der Waals surface area (Å²) in [6.07, 6.45) is 1.81. The molecular formula is C16H24N2OS2. The third kappa shape index (κ3) is 3.90. The van der Waals surface area contributed by atoms with Crippen molar-refractivity contribution in [3.05, 3.63) is 23.8 Å². The molecule has 0 spiro atoms. The fourth-order valence-electron chi connectivity index (χ4n) is 2.93. The highest BCUT2D eigenvalue weighted by molar-refractivity contribution is 7.99. The first-order valence-corrected chi connectivity index (χ1v) is 8.92. The van der Waals surface area contributed by atoms with E-state index in [4.69, 9.17) is 18.0 Å². The Balaban J connectivity index is 2.24. The number of hydrogen-bond acceptors (Lipinski definition) is 4. The van der Waals surface area contributed by atoms with Gasteiger partial charge in [-0.15, -0.1) is 11.8 Å². The number of thiocarbonyl (C=S) groups is 1. The second-order valence-corrected chi connectivity index (χ2v) is 7.26. The zero-order chi connectivity index (χ0) is 15.4. The number of piperidine rings is 1. The fourth-order valence-corrected chi connectivity index (χ4v) is 4.05. The average molecular weight is 325 g/mol. The van der Waals surface area contributed by atoms with Crippen LogP contribution in [0.15, 0.2) is 23.1 Å². The second kappa shape index (κ2) is 7.47. The van der Waals surface area contributed by atoms with Crippen LogP contribution in [0.4, 0.5) is 5.69 Å². The van der Waals surface area contributed by atoms with Crippen LogP contribution in [0.1, 0.15) is 32.3 Å². The van der Waals surface area contributed by atoms with E-state index >= 15 is 0 Å². The SMILES string of the molecule is CCSc1cccc(N2CCC(C(C)O)CC2)c1C(N)=S. The molecule has 0 aromatic heterocycles. The van der Waals surface area contributed by atoms with E-state index in [0.29, 0.717) is 10.9 Å². The molecule has 0 aliphatic carbocycles. The lowest BCUT2D eigenvalue weighted by molar-refractivity contribution is 0.110. The first-order valence-electron chi connectivity index (χ1n) is 7.53. The lowest BCUT2D eigenvalue weighted by Gasteiger charge is -2.36. The third-order valence-electron chi connectivity index (χ3n) is 4.11. The molecule has 1 unspecified atom stereocenters. The van der Waals surface area contributed by atoms with Gasteiger partial charge in [0.25, 0.3) is 0 Å². The molecule has 1 fully saturated rings. The van der Waals surface area contributed by atoms with Crippen LogP contribution in [-0.4, -0.2) is 35.0 Å². The number of aliphatic hydroxyl groups is 1. The summed E-state index contributed by atoms with van der Waals surface area (Å²) < 4.78 is 0. The summed E-state index contributed by atoms with van der Waals surface area (Å²) >= 11 is 7.06. The lowest BCUT2D eigenvalue weighted by atomic mass is 9.91. The monoisotopic (exact) mass is 324 g/mol. The third-order valence-corrected chi connectivity index (χ3v) is 5.26. The molecule has 5 heteroatoms. The van der Waals surface area contributed by atoms with Crippen LogP contribution in [0.2, 0.25) is 0 Å². The minimum absolute atomic E-state index is 0.218. The quantitative estimate of drug-likeness (QED) is 0.644. The number of rotatable bonds is 5. The molecule has 1 atom stereocenters. The molecule has 0 amide bonds. The molecule has 21 heavy (non-hydrogen) atoms. The smallest absolute Gasteiger partial charge is 0.107 e. The number of nitrogens with two attached hydrogens (primary N) is 1. The molecule has 2 rings (SSSR count). The van der Waals surface area contributed by atoms with Crippen LogP contribution in [0, 0.1) is 5.92 Å². The molecule has 0 saturated carbocycles. The first kappa shape index (κ1) is 16.6. The Morgan fingerprint density at radius 3 is 2.67 bits per heavy atom. The van der Waals surface area contributed by atoms with E-state index in [1.807, 2.05) is 6.92 Å². The van der Waals surface area contributed by atoms with Crippen LogP contribution in [-0.2, 0) is 0 Å². The zero-order valence-electron chi connectivity index (χ0n) is 12.7. The summed E-state index contributed by atoms with van der Waals surface area (Å²) in [4.78, 5) is 3.99. The molecule has 116 valence electrons. The Kier molecular flexibility index (Phi) is 5.90. The Hall–Kier alpha value is -0.780. The molecular weight excluding hydrogens is 300 g/mol. The number of aliphatic hydroxyl groups excluding tert-OH is 1. The molecule has 0 bridgehead atoms. The highest BCUT2D eigenvalue weighted by Gasteiger charge is 2.25. The zero-order valence-corrected chi connectivity index (χ0v) is 14.3. The summed E-state index contributed by atoms with van der Waals surface area (Å²) in [5, 5.41) is 9.73. The van der Waals surface area contributed by atoms with Gasteiger partial charge < -0.3 is 15.7 Å². The minimum atomic E-state index is -0.218. The summed E-state index contributed by atoms with van der Waals surface area (Å²) in [5.41, 5.74) is 8.13. The molecule has 1 aliphatic rings. The Bertz CT molecular complexity index is 497. The van der Waals surface area contributed by atoms with E-state index in [-0.39, 0.29) is 6.10 Å². The van der Waals surface area contributed by atoms with Gasteiger partial charge in [0.1, 0.15) is 4.99 Å². The van der Waals surface area contributed by atoms with Gasteiger partial charge in [0.05, 0.1) is 6.10 Å². The minimum Gasteiger partial charge on any atom is -0.393 e. The number of hydrogen-bond donors (Lipinski definition) is 2. The van der Waals surface area contributed by atoms with Crippen molar-refractivity contribution < 1.29 is 5.11 Å². The van der Waals surface area contributed by atoms with Gasteiger partial charge in [-0.25, -0.2) is 0 Å². The van der Waals surface area contributed by atoms with Crippen LogP contribution in [0.5, 0.6) is 0 Å². The van der Waals surface area contributed by atoms with E-state index in [9.17, 15) is 5.11 Å². The van der Waals surface area contributed by atoms with Crippen LogP contribution in [0.25, 0.3) is 0 Å². The molecule has 1 aromatic rings. The average Bonchev–Trinajstić information content (AvgIpc) is 2.47. The van der Waals surface area contributed by atoms with Crippen LogP contribution >= 0.6 is 24.0 Å². The van der Waals surface area contributed by atoms with Crippen molar-refractivity contribution in [3.8, 4) is 0 Å². The van der Waals surface area contributed by atoms with Crippen LogP contribution < -0.4 is 10.6 Å². The van der Waals surface area contributed by atoms with Gasteiger partial charge in [-0.3, -0.25) is 0 Å². The van der Waals surface area contributed by atoms with Crippen molar-refractivity contribution in [2.75, 3.05) is 23.7 Å². The van der Waals surface area contributed by atoms with Gasteiger partial charge in [-0.1, -0.05) is 25.2 Å².